The fourth-order valence-corrected chi connectivity index (χ4v) is 3.37. The van der Waals surface area contributed by atoms with Gasteiger partial charge in [0.1, 0.15) is 5.65 Å². The van der Waals surface area contributed by atoms with Gasteiger partial charge in [0.15, 0.2) is 0 Å². The van der Waals surface area contributed by atoms with Crippen molar-refractivity contribution in [1.82, 2.24) is 14.7 Å². The van der Waals surface area contributed by atoms with Crippen molar-refractivity contribution in [2.24, 2.45) is 5.92 Å². The highest BCUT2D eigenvalue weighted by atomic mass is 16.1. The molecule has 0 unspecified atom stereocenters. The lowest BCUT2D eigenvalue weighted by molar-refractivity contribution is 0.476. The maximum Gasteiger partial charge on any atom is 0.258 e. The lowest BCUT2D eigenvalue weighted by Gasteiger charge is -2.19. The Morgan fingerprint density at radius 1 is 1.20 bits per heavy atom. The van der Waals surface area contributed by atoms with Crippen LogP contribution in [0.3, 0.4) is 0 Å². The molecule has 0 bridgehead atoms. The second kappa shape index (κ2) is 6.45. The van der Waals surface area contributed by atoms with Crippen LogP contribution in [0.5, 0.6) is 0 Å². The number of rotatable bonds is 5. The van der Waals surface area contributed by atoms with E-state index >= 15 is 0 Å². The summed E-state index contributed by atoms with van der Waals surface area (Å²) in [5.41, 5.74) is 5.13. The zero-order valence-corrected chi connectivity index (χ0v) is 14.7. The fraction of sp³-hybridized carbons (Fsp3) is 0.333. The average molecular weight is 333 g/mol. The second-order valence-corrected chi connectivity index (χ2v) is 7.08. The molecular formula is C21H23N3O. The van der Waals surface area contributed by atoms with Crippen LogP contribution in [-0.4, -0.2) is 9.38 Å². The fourth-order valence-electron chi connectivity index (χ4n) is 3.37. The Morgan fingerprint density at radius 3 is 2.68 bits per heavy atom. The van der Waals surface area contributed by atoms with E-state index in [9.17, 15) is 4.79 Å². The molecule has 2 heterocycles. The molecule has 1 aliphatic carbocycles. The number of hydrogen-bond donors (Lipinski definition) is 1. The minimum absolute atomic E-state index is 0.0243. The molecule has 1 N–H and O–H groups in total. The van der Waals surface area contributed by atoms with E-state index in [1.807, 2.05) is 19.1 Å². The van der Waals surface area contributed by atoms with E-state index < -0.39 is 0 Å². The molecule has 128 valence electrons. The first kappa shape index (κ1) is 16.0. The lowest BCUT2D eigenvalue weighted by atomic mass is 10.0. The van der Waals surface area contributed by atoms with Gasteiger partial charge in [-0.05, 0) is 49.8 Å². The van der Waals surface area contributed by atoms with Gasteiger partial charge >= 0.3 is 0 Å². The number of benzene rings is 1. The lowest BCUT2D eigenvalue weighted by Crippen LogP contribution is -2.25. The zero-order valence-electron chi connectivity index (χ0n) is 14.7. The van der Waals surface area contributed by atoms with E-state index in [2.05, 4.69) is 36.5 Å². The third-order valence-corrected chi connectivity index (χ3v) is 4.97. The Morgan fingerprint density at radius 2 is 1.96 bits per heavy atom. The molecule has 0 aliphatic heterocycles. The Bertz CT molecular complexity index is 955. The first-order chi connectivity index (χ1) is 12.1. The van der Waals surface area contributed by atoms with E-state index in [4.69, 9.17) is 4.98 Å². The van der Waals surface area contributed by atoms with Crippen LogP contribution in [0.1, 0.15) is 41.3 Å². The molecule has 1 saturated carbocycles. The molecular weight excluding hydrogens is 310 g/mol. The summed E-state index contributed by atoms with van der Waals surface area (Å²) in [6.07, 6.45) is 4.30. The Hall–Kier alpha value is -2.46. The number of pyridine rings is 1. The highest BCUT2D eigenvalue weighted by molar-refractivity contribution is 5.46. The van der Waals surface area contributed by atoms with Crippen LogP contribution in [0.2, 0.25) is 0 Å². The van der Waals surface area contributed by atoms with E-state index in [1.165, 1.54) is 24.0 Å². The molecule has 2 aromatic heterocycles. The molecule has 0 radical (unpaired) electrons. The first-order valence-electron chi connectivity index (χ1n) is 8.90. The quantitative estimate of drug-likeness (QED) is 0.777. The van der Waals surface area contributed by atoms with Crippen molar-refractivity contribution in [3.05, 3.63) is 81.4 Å². The van der Waals surface area contributed by atoms with E-state index in [1.54, 1.807) is 16.7 Å². The molecule has 1 aromatic carbocycles. The number of fused-ring (bicyclic) bond motifs is 1. The molecule has 0 saturated heterocycles. The minimum atomic E-state index is -0.0243. The van der Waals surface area contributed by atoms with Crippen LogP contribution in [0.4, 0.5) is 0 Å². The van der Waals surface area contributed by atoms with Gasteiger partial charge in [-0.1, -0.05) is 35.9 Å². The van der Waals surface area contributed by atoms with Crippen molar-refractivity contribution < 1.29 is 0 Å². The molecule has 1 fully saturated rings. The zero-order chi connectivity index (χ0) is 17.4. The summed E-state index contributed by atoms with van der Waals surface area (Å²) >= 11 is 0. The van der Waals surface area contributed by atoms with Gasteiger partial charge in [-0.25, -0.2) is 4.98 Å². The van der Waals surface area contributed by atoms with Crippen LogP contribution >= 0.6 is 0 Å². The van der Waals surface area contributed by atoms with E-state index in [0.717, 1.165) is 16.9 Å². The normalized spacial score (nSPS) is 15.4. The molecule has 3 aromatic rings. The van der Waals surface area contributed by atoms with Gasteiger partial charge in [0, 0.05) is 24.8 Å². The number of nitrogens with one attached hydrogen (secondary N) is 1. The number of aryl methyl sites for hydroxylation is 2. The van der Waals surface area contributed by atoms with Crippen LogP contribution in [-0.2, 0) is 6.54 Å². The molecule has 1 atom stereocenters. The van der Waals surface area contributed by atoms with Crippen molar-refractivity contribution in [2.75, 3.05) is 0 Å². The molecule has 25 heavy (non-hydrogen) atoms. The highest BCUT2D eigenvalue weighted by Gasteiger charge is 2.31. The maximum atomic E-state index is 12.3. The third-order valence-electron chi connectivity index (χ3n) is 4.97. The van der Waals surface area contributed by atoms with Crippen molar-refractivity contribution in [2.45, 2.75) is 39.3 Å². The summed E-state index contributed by atoms with van der Waals surface area (Å²) in [7, 11) is 0. The summed E-state index contributed by atoms with van der Waals surface area (Å²) in [5.74, 6) is 0.686. The van der Waals surface area contributed by atoms with Crippen LogP contribution < -0.4 is 10.9 Å². The van der Waals surface area contributed by atoms with Crippen molar-refractivity contribution in [3.8, 4) is 0 Å². The predicted octanol–water partition coefficient (Wildman–Crippen LogP) is 3.55. The second-order valence-electron chi connectivity index (χ2n) is 7.08. The molecule has 4 rings (SSSR count). The van der Waals surface area contributed by atoms with Gasteiger partial charge in [-0.2, -0.15) is 0 Å². The average Bonchev–Trinajstić information content (AvgIpc) is 3.43. The van der Waals surface area contributed by atoms with Gasteiger partial charge in [0.05, 0.1) is 5.69 Å². The molecule has 0 amide bonds. The summed E-state index contributed by atoms with van der Waals surface area (Å²) in [6, 6.07) is 14.6. The Kier molecular flexibility index (Phi) is 4.14. The van der Waals surface area contributed by atoms with Crippen molar-refractivity contribution in [1.29, 1.82) is 0 Å². The van der Waals surface area contributed by atoms with Gasteiger partial charge in [-0.15, -0.1) is 0 Å². The third kappa shape index (κ3) is 3.35. The first-order valence-corrected chi connectivity index (χ1v) is 8.90. The monoisotopic (exact) mass is 333 g/mol. The van der Waals surface area contributed by atoms with Crippen LogP contribution in [0.15, 0.2) is 53.5 Å². The number of hydrogen-bond acceptors (Lipinski definition) is 3. The van der Waals surface area contributed by atoms with Crippen molar-refractivity contribution in [3.63, 3.8) is 0 Å². The van der Waals surface area contributed by atoms with E-state index in [-0.39, 0.29) is 5.56 Å². The number of aromatic nitrogens is 2. The van der Waals surface area contributed by atoms with Gasteiger partial charge < -0.3 is 5.32 Å². The molecule has 4 nitrogen and oxygen atoms in total. The summed E-state index contributed by atoms with van der Waals surface area (Å²) in [4.78, 5) is 17.0. The van der Waals surface area contributed by atoms with E-state index in [0.29, 0.717) is 18.5 Å². The maximum absolute atomic E-state index is 12.3. The topological polar surface area (TPSA) is 46.4 Å². The summed E-state index contributed by atoms with van der Waals surface area (Å²) in [5, 5.41) is 3.63. The minimum Gasteiger partial charge on any atom is -0.304 e. The molecule has 1 aliphatic rings. The van der Waals surface area contributed by atoms with Gasteiger partial charge in [0.2, 0.25) is 0 Å². The van der Waals surface area contributed by atoms with Gasteiger partial charge in [0.25, 0.3) is 5.56 Å². The Labute approximate surface area is 147 Å². The standard InChI is InChI=1S/C21H23N3O/c1-14-5-7-16(8-6-14)20(17-9-10-17)22-13-18-12-19(25)24-11-3-4-15(2)21(24)23-18/h3-8,11-12,17,20,22H,9-10,13H2,1-2H3/t20-/m1/s1. The SMILES string of the molecule is Cc1ccc([C@@H](NCc2cc(=O)n3cccc(C)c3n2)C2CC2)cc1. The van der Waals surface area contributed by atoms with Crippen LogP contribution in [0.25, 0.3) is 5.65 Å². The summed E-state index contributed by atoms with van der Waals surface area (Å²) < 4.78 is 1.61. The van der Waals surface area contributed by atoms with Gasteiger partial charge in [-0.3, -0.25) is 9.20 Å². The molecule has 4 heteroatoms. The largest absolute Gasteiger partial charge is 0.304 e. The number of nitrogens with zero attached hydrogens (tertiary/aromatic N) is 2. The van der Waals surface area contributed by atoms with Crippen LogP contribution in [0, 0.1) is 19.8 Å². The highest BCUT2D eigenvalue weighted by Crippen LogP contribution is 2.41. The Balaban J connectivity index is 1.59. The summed E-state index contributed by atoms with van der Waals surface area (Å²) in [6.45, 7) is 4.70. The smallest absolute Gasteiger partial charge is 0.258 e. The molecule has 0 spiro atoms. The van der Waals surface area contributed by atoms with Crippen molar-refractivity contribution >= 4 is 5.65 Å². The predicted molar refractivity (Wildman–Crippen MR) is 99.7 cm³/mol.